The summed E-state index contributed by atoms with van der Waals surface area (Å²) in [5.41, 5.74) is -1.06. The molecular weight excluding hydrogens is 250 g/mol. The van der Waals surface area contributed by atoms with Crippen molar-refractivity contribution in [3.63, 3.8) is 0 Å². The molecule has 19 heavy (non-hydrogen) atoms. The fourth-order valence-electron chi connectivity index (χ4n) is 2.54. The quantitative estimate of drug-likeness (QED) is 0.550. The Morgan fingerprint density at radius 3 is 2.11 bits per heavy atom. The van der Waals surface area contributed by atoms with Crippen LogP contribution in [0.1, 0.15) is 39.0 Å². The summed E-state index contributed by atoms with van der Waals surface area (Å²) in [5, 5.41) is 30.4. The third-order valence-electron chi connectivity index (χ3n) is 4.09. The van der Waals surface area contributed by atoms with Gasteiger partial charge in [-0.25, -0.2) is 0 Å². The molecule has 6 nitrogen and oxygen atoms in total. The second-order valence-corrected chi connectivity index (χ2v) is 5.28. The second kappa shape index (κ2) is 6.86. The number of aliphatic hydroxyl groups is 2. The summed E-state index contributed by atoms with van der Waals surface area (Å²) < 4.78 is 0. The molecule has 1 aliphatic carbocycles. The highest BCUT2D eigenvalue weighted by Crippen LogP contribution is 2.31. The topological polar surface area (TPSA) is 107 Å². The predicted molar refractivity (Wildman–Crippen MR) is 68.4 cm³/mol. The van der Waals surface area contributed by atoms with Crippen LogP contribution in [0.15, 0.2) is 0 Å². The van der Waals surface area contributed by atoms with Gasteiger partial charge in [-0.15, -0.1) is 0 Å². The summed E-state index contributed by atoms with van der Waals surface area (Å²) in [4.78, 5) is 23.4. The van der Waals surface area contributed by atoms with Gasteiger partial charge in [0.15, 0.2) is 0 Å². The summed E-state index contributed by atoms with van der Waals surface area (Å²) in [6, 6.07) is 0. The fourth-order valence-corrected chi connectivity index (χ4v) is 2.54. The van der Waals surface area contributed by atoms with E-state index in [0.29, 0.717) is 19.3 Å². The van der Waals surface area contributed by atoms with E-state index in [9.17, 15) is 19.8 Å². The lowest BCUT2D eigenvalue weighted by molar-refractivity contribution is -0.149. The van der Waals surface area contributed by atoms with E-state index in [0.717, 1.165) is 12.8 Å². The average Bonchev–Trinajstić information content (AvgIpc) is 2.44. The van der Waals surface area contributed by atoms with E-state index in [4.69, 9.17) is 5.11 Å². The molecule has 1 fully saturated rings. The average molecular weight is 273 g/mol. The van der Waals surface area contributed by atoms with Crippen LogP contribution in [0.2, 0.25) is 0 Å². The number of rotatable bonds is 6. The fraction of sp³-hybridized carbons (Fsp3) is 0.846. The molecule has 0 unspecified atom stereocenters. The monoisotopic (exact) mass is 273 g/mol. The Kier molecular flexibility index (Phi) is 5.75. The predicted octanol–water partition coefficient (Wildman–Crippen LogP) is 0.127. The maximum absolute atomic E-state index is 12.2. The van der Waals surface area contributed by atoms with Crippen molar-refractivity contribution in [1.82, 2.24) is 5.32 Å². The molecule has 0 bridgehead atoms. The van der Waals surface area contributed by atoms with E-state index in [2.05, 4.69) is 5.32 Å². The first-order chi connectivity index (χ1) is 8.99. The Morgan fingerprint density at radius 2 is 1.68 bits per heavy atom. The number of hydrogen-bond acceptors (Lipinski definition) is 4. The minimum atomic E-state index is -1.06. The number of carbonyl (C=O) groups excluding carboxylic acids is 1. The molecule has 0 spiro atoms. The number of aliphatic carboxylic acids is 1. The molecule has 1 aliphatic rings. The Morgan fingerprint density at radius 1 is 1.16 bits per heavy atom. The molecule has 0 aliphatic heterocycles. The van der Waals surface area contributed by atoms with Crippen LogP contribution in [0.4, 0.5) is 0 Å². The Labute approximate surface area is 112 Å². The second-order valence-electron chi connectivity index (χ2n) is 5.28. The summed E-state index contributed by atoms with van der Waals surface area (Å²) in [6.45, 7) is 1.02. The minimum absolute atomic E-state index is 0.365. The lowest BCUT2D eigenvalue weighted by Gasteiger charge is -2.34. The zero-order chi connectivity index (χ0) is 14.5. The van der Waals surface area contributed by atoms with Crippen molar-refractivity contribution in [3.05, 3.63) is 0 Å². The Bertz CT molecular complexity index is 319. The number of aliphatic hydroxyl groups excluding tert-OH is 2. The van der Waals surface area contributed by atoms with Gasteiger partial charge in [0.05, 0.1) is 30.6 Å². The highest BCUT2D eigenvalue weighted by molar-refractivity contribution is 5.85. The highest BCUT2D eigenvalue weighted by atomic mass is 16.4. The molecule has 1 amide bonds. The normalized spacial score (nSPS) is 23.9. The van der Waals surface area contributed by atoms with E-state index in [1.807, 2.05) is 0 Å². The van der Waals surface area contributed by atoms with Crippen LogP contribution in [0, 0.1) is 11.8 Å². The zero-order valence-electron chi connectivity index (χ0n) is 11.3. The number of carboxylic acid groups (broad SMARTS) is 1. The summed E-state index contributed by atoms with van der Waals surface area (Å²) >= 11 is 0. The molecule has 1 rings (SSSR count). The van der Waals surface area contributed by atoms with Crippen molar-refractivity contribution >= 4 is 11.9 Å². The van der Waals surface area contributed by atoms with Gasteiger partial charge in [0.2, 0.25) is 5.91 Å². The summed E-state index contributed by atoms with van der Waals surface area (Å²) in [7, 11) is 0. The van der Waals surface area contributed by atoms with Crippen molar-refractivity contribution in [3.8, 4) is 0 Å². The minimum Gasteiger partial charge on any atom is -0.481 e. The number of nitrogens with one attached hydrogen (secondary N) is 1. The molecule has 0 aromatic heterocycles. The van der Waals surface area contributed by atoms with Crippen LogP contribution in [0.25, 0.3) is 0 Å². The van der Waals surface area contributed by atoms with E-state index < -0.39 is 23.3 Å². The van der Waals surface area contributed by atoms with E-state index in [-0.39, 0.29) is 19.1 Å². The molecule has 0 radical (unpaired) electrons. The molecule has 0 aromatic carbocycles. The number of amides is 1. The summed E-state index contributed by atoms with van der Waals surface area (Å²) in [5.74, 6) is -2.57. The zero-order valence-corrected chi connectivity index (χ0v) is 11.3. The molecule has 1 saturated carbocycles. The van der Waals surface area contributed by atoms with Crippen LogP contribution < -0.4 is 5.32 Å². The Hall–Kier alpha value is -1.14. The Balaban J connectivity index is 2.77. The SMILES string of the molecule is CCC(CO)(CO)NC(=O)[C@@H]1CCCC[C@@H]1C(=O)O. The standard InChI is InChI=1S/C13H23NO5/c1-2-13(7-15,8-16)14-11(17)9-5-3-4-6-10(9)12(18)19/h9-10,15-16H,2-8H2,1H3,(H,14,17)(H,18,19)/t9-,10+/m1/s1. The van der Waals surface area contributed by atoms with E-state index in [1.165, 1.54) is 0 Å². The van der Waals surface area contributed by atoms with Gasteiger partial charge in [-0.05, 0) is 19.3 Å². The largest absolute Gasteiger partial charge is 0.481 e. The maximum atomic E-state index is 12.2. The number of carboxylic acids is 1. The smallest absolute Gasteiger partial charge is 0.307 e. The molecule has 6 heteroatoms. The highest BCUT2D eigenvalue weighted by Gasteiger charge is 2.39. The number of carbonyl (C=O) groups is 2. The molecule has 0 saturated heterocycles. The molecule has 0 aromatic rings. The van der Waals surface area contributed by atoms with Crippen molar-refractivity contribution in [2.75, 3.05) is 13.2 Å². The molecule has 0 heterocycles. The third-order valence-corrected chi connectivity index (χ3v) is 4.09. The van der Waals surface area contributed by atoms with Gasteiger partial charge in [0.25, 0.3) is 0 Å². The molecule has 2 atom stereocenters. The molecular formula is C13H23NO5. The van der Waals surface area contributed by atoms with Crippen LogP contribution in [0.3, 0.4) is 0 Å². The lowest BCUT2D eigenvalue weighted by Crippen LogP contribution is -2.56. The van der Waals surface area contributed by atoms with Gasteiger partial charge in [0, 0.05) is 0 Å². The van der Waals surface area contributed by atoms with Crippen molar-refractivity contribution in [2.24, 2.45) is 11.8 Å². The van der Waals surface area contributed by atoms with Gasteiger partial charge in [-0.2, -0.15) is 0 Å². The third kappa shape index (κ3) is 3.67. The summed E-state index contributed by atoms with van der Waals surface area (Å²) in [6.07, 6.45) is 3.08. The maximum Gasteiger partial charge on any atom is 0.307 e. The molecule has 110 valence electrons. The van der Waals surface area contributed by atoms with Crippen LogP contribution in [-0.4, -0.2) is 45.9 Å². The first-order valence-corrected chi connectivity index (χ1v) is 6.76. The van der Waals surface area contributed by atoms with Gasteiger partial charge in [-0.3, -0.25) is 9.59 Å². The van der Waals surface area contributed by atoms with Gasteiger partial charge in [-0.1, -0.05) is 19.8 Å². The van der Waals surface area contributed by atoms with Gasteiger partial charge >= 0.3 is 5.97 Å². The van der Waals surface area contributed by atoms with Gasteiger partial charge in [0.1, 0.15) is 0 Å². The van der Waals surface area contributed by atoms with Gasteiger partial charge < -0.3 is 20.6 Å². The number of hydrogen-bond donors (Lipinski definition) is 4. The van der Waals surface area contributed by atoms with Crippen LogP contribution in [-0.2, 0) is 9.59 Å². The van der Waals surface area contributed by atoms with Crippen molar-refractivity contribution in [1.29, 1.82) is 0 Å². The van der Waals surface area contributed by atoms with Crippen molar-refractivity contribution < 1.29 is 24.9 Å². The van der Waals surface area contributed by atoms with Crippen LogP contribution in [0.5, 0.6) is 0 Å². The lowest BCUT2D eigenvalue weighted by atomic mass is 9.78. The van der Waals surface area contributed by atoms with Crippen LogP contribution >= 0.6 is 0 Å². The molecule has 4 N–H and O–H groups in total. The van der Waals surface area contributed by atoms with E-state index in [1.54, 1.807) is 6.92 Å². The first-order valence-electron chi connectivity index (χ1n) is 6.76. The van der Waals surface area contributed by atoms with E-state index >= 15 is 0 Å². The van der Waals surface area contributed by atoms with Crippen molar-refractivity contribution in [2.45, 2.75) is 44.6 Å². The first kappa shape index (κ1) is 15.9.